The molecule has 0 aromatic carbocycles. The molecule has 0 spiro atoms. The van der Waals surface area contributed by atoms with Gasteiger partial charge in [0.2, 0.25) is 5.91 Å². The van der Waals surface area contributed by atoms with Gasteiger partial charge in [-0.05, 0) is 25.7 Å². The van der Waals surface area contributed by atoms with Gasteiger partial charge in [-0.25, -0.2) is 0 Å². The Balaban J connectivity index is 1.83. The number of piperidine rings is 1. The van der Waals surface area contributed by atoms with E-state index in [2.05, 4.69) is 5.32 Å². The van der Waals surface area contributed by atoms with E-state index < -0.39 is 0 Å². The molecule has 0 radical (unpaired) electrons. The molecule has 104 valence electrons. The third kappa shape index (κ3) is 3.22. The molecule has 0 aliphatic carbocycles. The van der Waals surface area contributed by atoms with Crippen molar-refractivity contribution in [2.45, 2.75) is 31.9 Å². The molecule has 0 aromatic heterocycles. The summed E-state index contributed by atoms with van der Waals surface area (Å²) in [6, 6.07) is -0.169. The van der Waals surface area contributed by atoms with Crippen molar-refractivity contribution in [1.29, 1.82) is 0 Å². The molecule has 2 aliphatic rings. The summed E-state index contributed by atoms with van der Waals surface area (Å²) in [6.07, 6.45) is 2.06. The van der Waals surface area contributed by atoms with Gasteiger partial charge >= 0.3 is 0 Å². The maximum Gasteiger partial charge on any atom is 0.242 e. The zero-order valence-corrected chi connectivity index (χ0v) is 11.4. The van der Waals surface area contributed by atoms with Gasteiger partial charge in [0.15, 0.2) is 0 Å². The fourth-order valence-corrected chi connectivity index (χ4v) is 2.76. The van der Waals surface area contributed by atoms with E-state index in [0.29, 0.717) is 12.5 Å². The molecule has 2 rings (SSSR count). The average Bonchev–Trinajstić information content (AvgIpc) is 2.40. The van der Waals surface area contributed by atoms with Gasteiger partial charge in [0, 0.05) is 33.4 Å². The lowest BCUT2D eigenvalue weighted by Gasteiger charge is -2.37. The molecule has 0 bridgehead atoms. The van der Waals surface area contributed by atoms with E-state index in [0.717, 1.165) is 39.1 Å². The maximum absolute atomic E-state index is 12.4. The highest BCUT2D eigenvalue weighted by Crippen LogP contribution is 2.19. The van der Waals surface area contributed by atoms with Crippen LogP contribution >= 0.6 is 0 Å². The van der Waals surface area contributed by atoms with Crippen LogP contribution in [0.15, 0.2) is 0 Å². The van der Waals surface area contributed by atoms with Crippen LogP contribution in [-0.4, -0.2) is 62.9 Å². The summed E-state index contributed by atoms with van der Waals surface area (Å²) in [4.78, 5) is 14.3. The Morgan fingerprint density at radius 3 is 2.78 bits per heavy atom. The smallest absolute Gasteiger partial charge is 0.242 e. The SMILES string of the molecule is COCC1CCN(C(=O)[C@H]2NCCO[C@@H]2C)CC1. The summed E-state index contributed by atoms with van der Waals surface area (Å²) >= 11 is 0. The third-order valence-corrected chi connectivity index (χ3v) is 3.91. The second-order valence-electron chi connectivity index (χ2n) is 5.23. The molecule has 2 saturated heterocycles. The second-order valence-corrected chi connectivity index (χ2v) is 5.23. The second kappa shape index (κ2) is 6.50. The molecule has 2 fully saturated rings. The van der Waals surface area contributed by atoms with Gasteiger partial charge in [-0.15, -0.1) is 0 Å². The van der Waals surface area contributed by atoms with Crippen molar-refractivity contribution in [1.82, 2.24) is 10.2 Å². The molecule has 2 heterocycles. The zero-order chi connectivity index (χ0) is 13.0. The number of carbonyl (C=O) groups excluding carboxylic acids is 1. The predicted molar refractivity (Wildman–Crippen MR) is 68.4 cm³/mol. The highest BCUT2D eigenvalue weighted by Gasteiger charge is 2.33. The highest BCUT2D eigenvalue weighted by atomic mass is 16.5. The fourth-order valence-electron chi connectivity index (χ4n) is 2.76. The fraction of sp³-hybridized carbons (Fsp3) is 0.923. The number of likely N-dealkylation sites (tertiary alicyclic amines) is 1. The molecule has 5 heteroatoms. The first kappa shape index (κ1) is 13.8. The molecular formula is C13H24N2O3. The van der Waals surface area contributed by atoms with Crippen molar-refractivity contribution in [3.05, 3.63) is 0 Å². The van der Waals surface area contributed by atoms with Crippen LogP contribution in [0.2, 0.25) is 0 Å². The van der Waals surface area contributed by atoms with E-state index in [1.165, 1.54) is 0 Å². The molecule has 1 N–H and O–H groups in total. The van der Waals surface area contributed by atoms with Crippen molar-refractivity contribution >= 4 is 5.91 Å². The maximum atomic E-state index is 12.4. The number of carbonyl (C=O) groups is 1. The number of ether oxygens (including phenoxy) is 2. The minimum Gasteiger partial charge on any atom is -0.384 e. The molecule has 0 saturated carbocycles. The highest BCUT2D eigenvalue weighted by molar-refractivity contribution is 5.82. The lowest BCUT2D eigenvalue weighted by Crippen LogP contribution is -2.57. The standard InChI is InChI=1S/C13H24N2O3/c1-10-12(14-5-8-18-10)13(16)15-6-3-11(4-7-15)9-17-2/h10-12,14H,3-9H2,1-2H3/t10-,12+/m1/s1. The van der Waals surface area contributed by atoms with Gasteiger partial charge in [-0.3, -0.25) is 4.79 Å². The van der Waals surface area contributed by atoms with Crippen molar-refractivity contribution < 1.29 is 14.3 Å². The Bertz CT molecular complexity index is 277. The Kier molecular flexibility index (Phi) is 4.97. The minimum atomic E-state index is -0.169. The molecule has 2 aliphatic heterocycles. The van der Waals surface area contributed by atoms with Crippen LogP contribution in [0, 0.1) is 5.92 Å². The van der Waals surface area contributed by atoms with Crippen LogP contribution in [0.25, 0.3) is 0 Å². The molecule has 0 unspecified atom stereocenters. The van der Waals surface area contributed by atoms with E-state index in [1.807, 2.05) is 11.8 Å². The van der Waals surface area contributed by atoms with E-state index in [-0.39, 0.29) is 18.1 Å². The molecule has 18 heavy (non-hydrogen) atoms. The number of rotatable bonds is 3. The molecule has 5 nitrogen and oxygen atoms in total. The Morgan fingerprint density at radius 1 is 1.44 bits per heavy atom. The van der Waals surface area contributed by atoms with Gasteiger partial charge in [0.1, 0.15) is 6.04 Å². The number of morpholine rings is 1. The predicted octanol–water partition coefficient (Wildman–Crippen LogP) is 0.248. The number of nitrogens with zero attached hydrogens (tertiary/aromatic N) is 1. The molecule has 1 amide bonds. The quantitative estimate of drug-likeness (QED) is 0.786. The Labute approximate surface area is 109 Å². The lowest BCUT2D eigenvalue weighted by molar-refractivity contribution is -0.141. The molecule has 2 atom stereocenters. The van der Waals surface area contributed by atoms with Gasteiger partial charge in [0.25, 0.3) is 0 Å². The van der Waals surface area contributed by atoms with E-state index >= 15 is 0 Å². The van der Waals surface area contributed by atoms with E-state index in [1.54, 1.807) is 7.11 Å². The number of amides is 1. The summed E-state index contributed by atoms with van der Waals surface area (Å²) < 4.78 is 10.7. The number of hydrogen-bond donors (Lipinski definition) is 1. The summed E-state index contributed by atoms with van der Waals surface area (Å²) in [7, 11) is 1.74. The summed E-state index contributed by atoms with van der Waals surface area (Å²) in [6.45, 7) is 5.92. The zero-order valence-electron chi connectivity index (χ0n) is 11.4. The van der Waals surface area contributed by atoms with Crippen LogP contribution in [0.4, 0.5) is 0 Å². The Hall–Kier alpha value is -0.650. The van der Waals surface area contributed by atoms with E-state index in [4.69, 9.17) is 9.47 Å². The van der Waals surface area contributed by atoms with Gasteiger partial charge in [-0.1, -0.05) is 0 Å². The molecule has 0 aromatic rings. The van der Waals surface area contributed by atoms with Gasteiger partial charge < -0.3 is 19.7 Å². The first-order valence-electron chi connectivity index (χ1n) is 6.85. The largest absolute Gasteiger partial charge is 0.384 e. The van der Waals surface area contributed by atoms with Crippen LogP contribution in [0.1, 0.15) is 19.8 Å². The van der Waals surface area contributed by atoms with Crippen molar-refractivity contribution in [2.75, 3.05) is 40.0 Å². The van der Waals surface area contributed by atoms with E-state index in [9.17, 15) is 4.79 Å². The third-order valence-electron chi connectivity index (χ3n) is 3.91. The normalized spacial score (nSPS) is 30.4. The summed E-state index contributed by atoms with van der Waals surface area (Å²) in [5.41, 5.74) is 0. The van der Waals surface area contributed by atoms with Gasteiger partial charge in [0.05, 0.1) is 12.7 Å². The van der Waals surface area contributed by atoms with Crippen LogP contribution in [0.5, 0.6) is 0 Å². The summed E-state index contributed by atoms with van der Waals surface area (Å²) in [5, 5.41) is 3.26. The molecular weight excluding hydrogens is 232 g/mol. The number of nitrogens with one attached hydrogen (secondary N) is 1. The van der Waals surface area contributed by atoms with Gasteiger partial charge in [-0.2, -0.15) is 0 Å². The van der Waals surface area contributed by atoms with Crippen molar-refractivity contribution in [3.8, 4) is 0 Å². The number of methoxy groups -OCH3 is 1. The van der Waals surface area contributed by atoms with Crippen LogP contribution < -0.4 is 5.32 Å². The minimum absolute atomic E-state index is 0.0250. The van der Waals surface area contributed by atoms with Crippen LogP contribution in [0.3, 0.4) is 0 Å². The first-order chi connectivity index (χ1) is 8.72. The van der Waals surface area contributed by atoms with Crippen molar-refractivity contribution in [2.24, 2.45) is 5.92 Å². The first-order valence-corrected chi connectivity index (χ1v) is 6.85. The number of hydrogen-bond acceptors (Lipinski definition) is 4. The van der Waals surface area contributed by atoms with Crippen LogP contribution in [-0.2, 0) is 14.3 Å². The monoisotopic (exact) mass is 256 g/mol. The summed E-state index contributed by atoms with van der Waals surface area (Å²) in [5.74, 6) is 0.796. The topological polar surface area (TPSA) is 50.8 Å². The lowest BCUT2D eigenvalue weighted by atomic mass is 9.96. The van der Waals surface area contributed by atoms with Crippen molar-refractivity contribution in [3.63, 3.8) is 0 Å². The Morgan fingerprint density at radius 2 is 2.17 bits per heavy atom. The average molecular weight is 256 g/mol.